The van der Waals surface area contributed by atoms with Crippen LogP contribution in [0.2, 0.25) is 0 Å². The van der Waals surface area contributed by atoms with Crippen LogP contribution in [0.3, 0.4) is 0 Å². The number of amides is 1. The molecule has 18 heavy (non-hydrogen) atoms. The number of rotatable bonds is 4. The van der Waals surface area contributed by atoms with Crippen LogP contribution in [0, 0.1) is 0 Å². The predicted octanol–water partition coefficient (Wildman–Crippen LogP) is 1.67. The van der Waals surface area contributed by atoms with Gasteiger partial charge < -0.3 is 15.6 Å². The van der Waals surface area contributed by atoms with E-state index in [2.05, 4.69) is 10.3 Å². The summed E-state index contributed by atoms with van der Waals surface area (Å²) in [4.78, 5) is 16.0. The Morgan fingerprint density at radius 2 is 2.11 bits per heavy atom. The number of aryl methyl sites for hydroxylation is 1. The Kier molecular flexibility index (Phi) is 3.62. The Morgan fingerprint density at radius 1 is 1.39 bits per heavy atom. The maximum Gasteiger partial charge on any atom is 0.244 e. The van der Waals surface area contributed by atoms with Gasteiger partial charge in [0.05, 0.1) is 0 Å². The van der Waals surface area contributed by atoms with E-state index in [0.717, 1.165) is 17.9 Å². The molecule has 1 aromatic carbocycles. The monoisotopic (exact) mass is 244 g/mol. The number of carbonyl (C=O) groups is 1. The first kappa shape index (κ1) is 12.2. The molecule has 94 valence electrons. The number of benzene rings is 1. The van der Waals surface area contributed by atoms with Crippen LogP contribution in [0.5, 0.6) is 0 Å². The SMILES string of the molecule is CCc1nccn1CC(=O)Nc1ccc(N)cc1. The second-order valence-electron chi connectivity index (χ2n) is 4.00. The third-order valence-electron chi connectivity index (χ3n) is 2.63. The normalized spacial score (nSPS) is 10.3. The topological polar surface area (TPSA) is 72.9 Å². The molecule has 1 amide bonds. The number of nitrogen functional groups attached to an aromatic ring is 1. The molecule has 1 heterocycles. The standard InChI is InChI=1S/C13H16N4O/c1-2-12-15-7-8-17(12)9-13(18)16-11-5-3-10(14)4-6-11/h3-8H,2,9,14H2,1H3,(H,16,18). The highest BCUT2D eigenvalue weighted by atomic mass is 16.1. The lowest BCUT2D eigenvalue weighted by Gasteiger charge is -2.08. The maximum absolute atomic E-state index is 11.8. The van der Waals surface area contributed by atoms with Gasteiger partial charge in [-0.05, 0) is 24.3 Å². The second kappa shape index (κ2) is 5.35. The van der Waals surface area contributed by atoms with E-state index >= 15 is 0 Å². The number of aromatic nitrogens is 2. The van der Waals surface area contributed by atoms with Crippen molar-refractivity contribution in [3.8, 4) is 0 Å². The first-order chi connectivity index (χ1) is 8.69. The molecule has 0 aliphatic carbocycles. The van der Waals surface area contributed by atoms with Gasteiger partial charge in [-0.1, -0.05) is 6.92 Å². The molecular formula is C13H16N4O. The van der Waals surface area contributed by atoms with Crippen molar-refractivity contribution in [2.45, 2.75) is 19.9 Å². The van der Waals surface area contributed by atoms with E-state index in [-0.39, 0.29) is 12.5 Å². The fourth-order valence-electron chi connectivity index (χ4n) is 1.72. The molecule has 5 nitrogen and oxygen atoms in total. The summed E-state index contributed by atoms with van der Waals surface area (Å²) in [7, 11) is 0. The zero-order valence-corrected chi connectivity index (χ0v) is 10.3. The lowest BCUT2D eigenvalue weighted by atomic mass is 10.3. The Hall–Kier alpha value is -2.30. The van der Waals surface area contributed by atoms with Gasteiger partial charge >= 0.3 is 0 Å². The van der Waals surface area contributed by atoms with Crippen molar-refractivity contribution in [2.75, 3.05) is 11.1 Å². The lowest BCUT2D eigenvalue weighted by Crippen LogP contribution is -2.19. The Labute approximate surface area is 106 Å². The summed E-state index contributed by atoms with van der Waals surface area (Å²) in [5.41, 5.74) is 7.00. The van der Waals surface area contributed by atoms with Crippen molar-refractivity contribution in [1.29, 1.82) is 0 Å². The molecule has 0 saturated heterocycles. The van der Waals surface area contributed by atoms with Gasteiger partial charge in [0.2, 0.25) is 5.91 Å². The molecule has 5 heteroatoms. The third-order valence-corrected chi connectivity index (χ3v) is 2.63. The molecule has 0 fully saturated rings. The molecule has 0 aliphatic heterocycles. The smallest absolute Gasteiger partial charge is 0.244 e. The number of carbonyl (C=O) groups excluding carboxylic acids is 1. The van der Waals surface area contributed by atoms with Crippen molar-refractivity contribution in [2.24, 2.45) is 0 Å². The summed E-state index contributed by atoms with van der Waals surface area (Å²) in [5, 5.41) is 2.82. The van der Waals surface area contributed by atoms with E-state index in [1.165, 1.54) is 0 Å². The predicted molar refractivity (Wildman–Crippen MR) is 71.1 cm³/mol. The van der Waals surface area contributed by atoms with E-state index < -0.39 is 0 Å². The van der Waals surface area contributed by atoms with Gasteiger partial charge in [-0.25, -0.2) is 4.98 Å². The largest absolute Gasteiger partial charge is 0.399 e. The van der Waals surface area contributed by atoms with Gasteiger partial charge in [-0.2, -0.15) is 0 Å². The zero-order chi connectivity index (χ0) is 13.0. The number of nitrogens with two attached hydrogens (primary N) is 1. The quantitative estimate of drug-likeness (QED) is 0.803. The van der Waals surface area contributed by atoms with E-state index in [9.17, 15) is 4.79 Å². The summed E-state index contributed by atoms with van der Waals surface area (Å²) in [6, 6.07) is 7.07. The first-order valence-corrected chi connectivity index (χ1v) is 5.84. The number of hydrogen-bond donors (Lipinski definition) is 2. The highest BCUT2D eigenvalue weighted by Crippen LogP contribution is 2.10. The molecule has 0 atom stereocenters. The number of nitrogens with one attached hydrogen (secondary N) is 1. The van der Waals surface area contributed by atoms with Crippen LogP contribution < -0.4 is 11.1 Å². The van der Waals surface area contributed by atoms with Gasteiger partial charge in [0.1, 0.15) is 12.4 Å². The first-order valence-electron chi connectivity index (χ1n) is 5.84. The van der Waals surface area contributed by atoms with Gasteiger partial charge in [0.15, 0.2) is 0 Å². The van der Waals surface area contributed by atoms with E-state index in [0.29, 0.717) is 5.69 Å². The van der Waals surface area contributed by atoms with Gasteiger partial charge in [-0.3, -0.25) is 4.79 Å². The second-order valence-corrected chi connectivity index (χ2v) is 4.00. The van der Waals surface area contributed by atoms with Crippen molar-refractivity contribution in [3.05, 3.63) is 42.5 Å². The highest BCUT2D eigenvalue weighted by molar-refractivity contribution is 5.90. The number of hydrogen-bond acceptors (Lipinski definition) is 3. The molecule has 0 aliphatic rings. The average molecular weight is 244 g/mol. The van der Waals surface area contributed by atoms with Crippen LogP contribution in [0.25, 0.3) is 0 Å². The number of nitrogens with zero attached hydrogens (tertiary/aromatic N) is 2. The van der Waals surface area contributed by atoms with Crippen LogP contribution >= 0.6 is 0 Å². The summed E-state index contributed by atoms with van der Waals surface area (Å²) in [5.74, 6) is 0.829. The van der Waals surface area contributed by atoms with Crippen molar-refractivity contribution < 1.29 is 4.79 Å². The zero-order valence-electron chi connectivity index (χ0n) is 10.3. The molecule has 0 unspecified atom stereocenters. The van der Waals surface area contributed by atoms with Gasteiger partial charge in [0, 0.05) is 30.2 Å². The van der Waals surface area contributed by atoms with E-state index in [4.69, 9.17) is 5.73 Å². The fourth-order valence-corrected chi connectivity index (χ4v) is 1.72. The lowest BCUT2D eigenvalue weighted by molar-refractivity contribution is -0.116. The van der Waals surface area contributed by atoms with Crippen LogP contribution in [-0.2, 0) is 17.8 Å². The van der Waals surface area contributed by atoms with Crippen LogP contribution in [-0.4, -0.2) is 15.5 Å². The van der Waals surface area contributed by atoms with Crippen LogP contribution in [0.1, 0.15) is 12.7 Å². The molecule has 0 saturated carbocycles. The maximum atomic E-state index is 11.8. The molecule has 0 radical (unpaired) electrons. The Bertz CT molecular complexity index is 530. The minimum Gasteiger partial charge on any atom is -0.399 e. The summed E-state index contributed by atoms with van der Waals surface area (Å²) in [6.45, 7) is 2.28. The van der Waals surface area contributed by atoms with E-state index in [1.807, 2.05) is 11.5 Å². The Balaban J connectivity index is 1.99. The molecule has 2 aromatic rings. The third kappa shape index (κ3) is 2.88. The minimum atomic E-state index is -0.0764. The number of anilines is 2. The molecule has 0 bridgehead atoms. The van der Waals surface area contributed by atoms with Crippen molar-refractivity contribution in [1.82, 2.24) is 9.55 Å². The average Bonchev–Trinajstić information content (AvgIpc) is 2.79. The summed E-state index contributed by atoms with van der Waals surface area (Å²) in [6.07, 6.45) is 4.32. The molecule has 1 aromatic heterocycles. The summed E-state index contributed by atoms with van der Waals surface area (Å²) >= 11 is 0. The molecular weight excluding hydrogens is 228 g/mol. The van der Waals surface area contributed by atoms with Crippen LogP contribution in [0.4, 0.5) is 11.4 Å². The molecule has 3 N–H and O–H groups in total. The highest BCUT2D eigenvalue weighted by Gasteiger charge is 2.06. The number of imidazole rings is 1. The van der Waals surface area contributed by atoms with E-state index in [1.54, 1.807) is 36.7 Å². The fraction of sp³-hybridized carbons (Fsp3) is 0.231. The molecule has 2 rings (SSSR count). The summed E-state index contributed by atoms with van der Waals surface area (Å²) < 4.78 is 1.84. The van der Waals surface area contributed by atoms with Gasteiger partial charge in [0.25, 0.3) is 0 Å². The van der Waals surface area contributed by atoms with Crippen molar-refractivity contribution >= 4 is 17.3 Å². The van der Waals surface area contributed by atoms with Crippen molar-refractivity contribution in [3.63, 3.8) is 0 Å². The minimum absolute atomic E-state index is 0.0764. The molecule has 0 spiro atoms. The Morgan fingerprint density at radius 3 is 2.78 bits per heavy atom. The van der Waals surface area contributed by atoms with Gasteiger partial charge in [-0.15, -0.1) is 0 Å². The van der Waals surface area contributed by atoms with Crippen LogP contribution in [0.15, 0.2) is 36.7 Å².